The molecule has 0 aromatic carbocycles. The van der Waals surface area contributed by atoms with Gasteiger partial charge in [0.1, 0.15) is 22.0 Å². The summed E-state index contributed by atoms with van der Waals surface area (Å²) in [5.41, 5.74) is 0.817. The van der Waals surface area contributed by atoms with Gasteiger partial charge in [0.05, 0.1) is 12.2 Å². The summed E-state index contributed by atoms with van der Waals surface area (Å²) in [6.07, 6.45) is 0. The van der Waals surface area contributed by atoms with Gasteiger partial charge in [-0.25, -0.2) is 15.0 Å². The number of oxazole rings is 1. The van der Waals surface area contributed by atoms with Gasteiger partial charge in [0.2, 0.25) is 5.89 Å². The molecule has 0 saturated heterocycles. The van der Waals surface area contributed by atoms with Gasteiger partial charge in [0.25, 0.3) is 0 Å². The lowest BCUT2D eigenvalue weighted by molar-refractivity contribution is 0.478. The van der Waals surface area contributed by atoms with E-state index in [4.69, 9.17) is 4.42 Å². The van der Waals surface area contributed by atoms with Gasteiger partial charge in [-0.2, -0.15) is 0 Å². The number of aromatic nitrogens is 3. The van der Waals surface area contributed by atoms with Gasteiger partial charge in [0.15, 0.2) is 0 Å². The van der Waals surface area contributed by atoms with Gasteiger partial charge in [-0.05, 0) is 29.8 Å². The molecular weight excluding hydrogens is 320 g/mol. The van der Waals surface area contributed by atoms with E-state index in [1.807, 2.05) is 19.9 Å². The standard InChI is InChI=1S/C14H19BrN4O/c1-8-9(2)20-12(17-8)7-16-11-6-10(15)18-13(19-11)14(3,4)5/h6H,7H2,1-5H3,(H,16,18,19). The van der Waals surface area contributed by atoms with E-state index in [0.29, 0.717) is 12.4 Å². The summed E-state index contributed by atoms with van der Waals surface area (Å²) < 4.78 is 6.30. The van der Waals surface area contributed by atoms with E-state index in [0.717, 1.165) is 27.7 Å². The van der Waals surface area contributed by atoms with Crippen LogP contribution >= 0.6 is 15.9 Å². The first-order valence-corrected chi connectivity index (χ1v) is 7.27. The molecule has 0 aliphatic carbocycles. The summed E-state index contributed by atoms with van der Waals surface area (Å²) >= 11 is 3.42. The number of hydrogen-bond acceptors (Lipinski definition) is 5. The van der Waals surface area contributed by atoms with Crippen LogP contribution in [0.25, 0.3) is 0 Å². The van der Waals surface area contributed by atoms with Crippen LogP contribution in [0.1, 0.15) is 43.9 Å². The van der Waals surface area contributed by atoms with Gasteiger partial charge >= 0.3 is 0 Å². The van der Waals surface area contributed by atoms with Crippen molar-refractivity contribution in [1.82, 2.24) is 15.0 Å². The molecule has 0 aliphatic heterocycles. The first-order valence-electron chi connectivity index (χ1n) is 6.47. The van der Waals surface area contributed by atoms with Crippen molar-refractivity contribution >= 4 is 21.7 Å². The molecule has 0 radical (unpaired) electrons. The van der Waals surface area contributed by atoms with Crippen molar-refractivity contribution in [2.75, 3.05) is 5.32 Å². The Hall–Kier alpha value is -1.43. The second kappa shape index (κ2) is 5.52. The van der Waals surface area contributed by atoms with Crippen molar-refractivity contribution in [3.05, 3.63) is 33.8 Å². The lowest BCUT2D eigenvalue weighted by Crippen LogP contribution is -2.17. The zero-order valence-corrected chi connectivity index (χ0v) is 14.0. The van der Waals surface area contributed by atoms with Crippen LogP contribution in [0.3, 0.4) is 0 Å². The largest absolute Gasteiger partial charge is 0.444 e. The van der Waals surface area contributed by atoms with E-state index >= 15 is 0 Å². The van der Waals surface area contributed by atoms with Crippen molar-refractivity contribution in [1.29, 1.82) is 0 Å². The lowest BCUT2D eigenvalue weighted by atomic mass is 9.96. The molecule has 1 N–H and O–H groups in total. The summed E-state index contributed by atoms with van der Waals surface area (Å²) in [5.74, 6) is 3.05. The van der Waals surface area contributed by atoms with Gasteiger partial charge in [0, 0.05) is 11.5 Å². The molecule has 0 amide bonds. The van der Waals surface area contributed by atoms with E-state index in [2.05, 4.69) is 57.0 Å². The van der Waals surface area contributed by atoms with E-state index < -0.39 is 0 Å². The van der Waals surface area contributed by atoms with Crippen molar-refractivity contribution in [3.63, 3.8) is 0 Å². The van der Waals surface area contributed by atoms with Gasteiger partial charge in [-0.15, -0.1) is 0 Å². The highest BCUT2D eigenvalue weighted by molar-refractivity contribution is 9.10. The van der Waals surface area contributed by atoms with Crippen LogP contribution in [0.5, 0.6) is 0 Å². The minimum absolute atomic E-state index is 0.101. The first kappa shape index (κ1) is 15.0. The molecule has 0 spiro atoms. The van der Waals surface area contributed by atoms with Crippen LogP contribution < -0.4 is 5.32 Å². The Morgan fingerprint density at radius 3 is 2.45 bits per heavy atom. The normalized spacial score (nSPS) is 11.7. The molecule has 6 heteroatoms. The van der Waals surface area contributed by atoms with Crippen LogP contribution in [0.2, 0.25) is 0 Å². The number of rotatable bonds is 3. The number of nitrogens with one attached hydrogen (secondary N) is 1. The van der Waals surface area contributed by atoms with Crippen molar-refractivity contribution < 1.29 is 4.42 Å². The van der Waals surface area contributed by atoms with E-state index in [-0.39, 0.29) is 5.41 Å². The number of nitrogens with zero attached hydrogens (tertiary/aromatic N) is 3. The Labute approximate surface area is 127 Å². The molecule has 0 atom stereocenters. The van der Waals surface area contributed by atoms with Crippen LogP contribution in [0, 0.1) is 13.8 Å². The van der Waals surface area contributed by atoms with Crippen molar-refractivity contribution in [2.24, 2.45) is 0 Å². The van der Waals surface area contributed by atoms with Crippen LogP contribution in [-0.2, 0) is 12.0 Å². The predicted molar refractivity (Wildman–Crippen MR) is 81.7 cm³/mol. The lowest BCUT2D eigenvalue weighted by Gasteiger charge is -2.17. The monoisotopic (exact) mass is 338 g/mol. The zero-order chi connectivity index (χ0) is 14.9. The third-order valence-corrected chi connectivity index (χ3v) is 3.27. The third-order valence-electron chi connectivity index (χ3n) is 2.86. The predicted octanol–water partition coefficient (Wildman–Crippen LogP) is 3.75. The minimum atomic E-state index is -0.101. The molecular formula is C14H19BrN4O. The average Bonchev–Trinajstić information content (AvgIpc) is 2.65. The zero-order valence-electron chi connectivity index (χ0n) is 12.4. The topological polar surface area (TPSA) is 63.8 Å². The second-order valence-electron chi connectivity index (χ2n) is 5.75. The Balaban J connectivity index is 2.15. The summed E-state index contributed by atoms with van der Waals surface area (Å²) in [5, 5.41) is 3.22. The summed E-state index contributed by atoms with van der Waals surface area (Å²) in [6, 6.07) is 1.85. The molecule has 5 nitrogen and oxygen atoms in total. The average molecular weight is 339 g/mol. The number of halogens is 1. The molecule has 0 bridgehead atoms. The Kier molecular flexibility index (Phi) is 4.13. The smallest absolute Gasteiger partial charge is 0.213 e. The van der Waals surface area contributed by atoms with E-state index in [1.165, 1.54) is 0 Å². The third kappa shape index (κ3) is 3.56. The molecule has 2 aromatic rings. The summed E-state index contributed by atoms with van der Waals surface area (Å²) in [7, 11) is 0. The molecule has 20 heavy (non-hydrogen) atoms. The fourth-order valence-electron chi connectivity index (χ4n) is 1.62. The highest BCUT2D eigenvalue weighted by atomic mass is 79.9. The molecule has 2 aromatic heterocycles. The molecule has 0 unspecified atom stereocenters. The minimum Gasteiger partial charge on any atom is -0.444 e. The molecule has 2 rings (SSSR count). The summed E-state index contributed by atoms with van der Waals surface area (Å²) in [6.45, 7) is 10.6. The summed E-state index contributed by atoms with van der Waals surface area (Å²) in [4.78, 5) is 13.3. The highest BCUT2D eigenvalue weighted by Crippen LogP contribution is 2.22. The van der Waals surface area contributed by atoms with Gasteiger partial charge < -0.3 is 9.73 Å². The molecule has 2 heterocycles. The fraction of sp³-hybridized carbons (Fsp3) is 0.500. The second-order valence-corrected chi connectivity index (χ2v) is 6.56. The van der Waals surface area contributed by atoms with Crippen molar-refractivity contribution in [2.45, 2.75) is 46.6 Å². The van der Waals surface area contributed by atoms with E-state index in [9.17, 15) is 0 Å². The van der Waals surface area contributed by atoms with Crippen molar-refractivity contribution in [3.8, 4) is 0 Å². The van der Waals surface area contributed by atoms with Gasteiger partial charge in [-0.3, -0.25) is 0 Å². The maximum absolute atomic E-state index is 5.54. The number of anilines is 1. The van der Waals surface area contributed by atoms with Crippen LogP contribution in [0.4, 0.5) is 5.82 Å². The van der Waals surface area contributed by atoms with Crippen LogP contribution in [0.15, 0.2) is 15.1 Å². The SMILES string of the molecule is Cc1nc(CNc2cc(Br)nc(C(C)(C)C)n2)oc1C. The van der Waals surface area contributed by atoms with Gasteiger partial charge in [-0.1, -0.05) is 20.8 Å². The molecule has 0 aliphatic rings. The molecule has 108 valence electrons. The number of hydrogen-bond donors (Lipinski definition) is 1. The van der Waals surface area contributed by atoms with E-state index in [1.54, 1.807) is 0 Å². The Morgan fingerprint density at radius 2 is 1.90 bits per heavy atom. The molecule has 0 fully saturated rings. The quantitative estimate of drug-likeness (QED) is 0.863. The molecule has 0 saturated carbocycles. The maximum atomic E-state index is 5.54. The maximum Gasteiger partial charge on any atom is 0.213 e. The number of aryl methyl sites for hydroxylation is 2. The first-order chi connectivity index (χ1) is 9.25. The van der Waals surface area contributed by atoms with Crippen LogP contribution in [-0.4, -0.2) is 15.0 Å². The fourth-order valence-corrected chi connectivity index (χ4v) is 2.01. The highest BCUT2D eigenvalue weighted by Gasteiger charge is 2.18. The Bertz CT molecular complexity index is 597. The Morgan fingerprint density at radius 1 is 1.20 bits per heavy atom.